The lowest BCUT2D eigenvalue weighted by Gasteiger charge is -1.93. The molecule has 0 saturated heterocycles. The van der Waals surface area contributed by atoms with Gasteiger partial charge in [-0.05, 0) is 0 Å². The van der Waals surface area contributed by atoms with Gasteiger partial charge in [0.05, 0.1) is 11.0 Å². The molecule has 5 nitrogen and oxygen atoms in total. The van der Waals surface area contributed by atoms with Crippen LogP contribution in [-0.2, 0) is 0 Å². The van der Waals surface area contributed by atoms with Crippen LogP contribution < -0.4 is 15.2 Å². The van der Waals surface area contributed by atoms with E-state index in [2.05, 4.69) is 9.97 Å². The molecule has 0 fully saturated rings. The third kappa shape index (κ3) is 0.837. The lowest BCUT2D eigenvalue weighted by Crippen LogP contribution is -1.99. The number of benzene rings is 1. The first-order chi connectivity index (χ1) is 6.33. The van der Waals surface area contributed by atoms with Crippen molar-refractivity contribution in [3.05, 3.63) is 22.6 Å². The molecule has 0 saturated carbocycles. The van der Waals surface area contributed by atoms with Gasteiger partial charge in [-0.25, -0.2) is 4.79 Å². The second-order valence-electron chi connectivity index (χ2n) is 2.83. The number of H-pyrrole nitrogens is 2. The maximum atomic E-state index is 10.9. The number of imidazole rings is 1. The maximum absolute atomic E-state index is 10.9. The van der Waals surface area contributed by atoms with Gasteiger partial charge in [-0.3, -0.25) is 0 Å². The van der Waals surface area contributed by atoms with Crippen molar-refractivity contribution >= 4 is 11.0 Å². The van der Waals surface area contributed by atoms with Gasteiger partial charge >= 0.3 is 5.69 Å². The second kappa shape index (κ2) is 2.07. The van der Waals surface area contributed by atoms with E-state index in [0.717, 1.165) is 11.0 Å². The van der Waals surface area contributed by atoms with Gasteiger partial charge in [-0.2, -0.15) is 0 Å². The van der Waals surface area contributed by atoms with Crippen LogP contribution in [0.1, 0.15) is 0 Å². The monoisotopic (exact) mass is 178 g/mol. The normalized spacial score (nSPS) is 13.8. The van der Waals surface area contributed by atoms with Crippen LogP contribution in [0.2, 0.25) is 0 Å². The Balaban J connectivity index is 2.41. The van der Waals surface area contributed by atoms with Gasteiger partial charge in [0, 0.05) is 12.1 Å². The topological polar surface area (TPSA) is 67.1 Å². The molecule has 0 atom stereocenters. The predicted molar refractivity (Wildman–Crippen MR) is 45.0 cm³/mol. The second-order valence-corrected chi connectivity index (χ2v) is 2.83. The summed E-state index contributed by atoms with van der Waals surface area (Å²) < 4.78 is 10.3. The molecule has 5 heteroatoms. The summed E-state index contributed by atoms with van der Waals surface area (Å²) >= 11 is 0. The molecule has 0 unspecified atom stereocenters. The molecule has 1 aliphatic rings. The largest absolute Gasteiger partial charge is 0.454 e. The number of rotatable bonds is 0. The highest BCUT2D eigenvalue weighted by Gasteiger charge is 2.14. The first kappa shape index (κ1) is 6.59. The summed E-state index contributed by atoms with van der Waals surface area (Å²) in [5, 5.41) is 0. The molecule has 0 spiro atoms. The zero-order chi connectivity index (χ0) is 8.84. The zero-order valence-electron chi connectivity index (χ0n) is 6.59. The van der Waals surface area contributed by atoms with Crippen LogP contribution >= 0.6 is 0 Å². The molecule has 2 aromatic rings. The smallest absolute Gasteiger partial charge is 0.323 e. The summed E-state index contributed by atoms with van der Waals surface area (Å²) in [6.45, 7) is 0.242. The van der Waals surface area contributed by atoms with Crippen molar-refractivity contribution in [3.63, 3.8) is 0 Å². The molecule has 1 aliphatic heterocycles. The highest BCUT2D eigenvalue weighted by atomic mass is 16.7. The minimum absolute atomic E-state index is 0.223. The van der Waals surface area contributed by atoms with E-state index in [0.29, 0.717) is 11.5 Å². The highest BCUT2D eigenvalue weighted by molar-refractivity contribution is 5.79. The van der Waals surface area contributed by atoms with Crippen LogP contribution in [0.25, 0.3) is 11.0 Å². The van der Waals surface area contributed by atoms with Crippen molar-refractivity contribution in [2.75, 3.05) is 6.79 Å². The number of fused-ring (bicyclic) bond motifs is 2. The van der Waals surface area contributed by atoms with E-state index in [4.69, 9.17) is 9.47 Å². The van der Waals surface area contributed by atoms with E-state index < -0.39 is 0 Å². The van der Waals surface area contributed by atoms with Gasteiger partial charge in [0.2, 0.25) is 6.79 Å². The number of nitrogens with one attached hydrogen (secondary N) is 2. The Labute approximate surface area is 72.3 Å². The molecule has 1 aromatic heterocycles. The van der Waals surface area contributed by atoms with E-state index in [9.17, 15) is 4.79 Å². The van der Waals surface area contributed by atoms with Crippen LogP contribution in [-0.4, -0.2) is 16.8 Å². The Hall–Kier alpha value is -1.91. The fourth-order valence-corrected chi connectivity index (χ4v) is 1.42. The van der Waals surface area contributed by atoms with Crippen molar-refractivity contribution in [2.24, 2.45) is 0 Å². The van der Waals surface area contributed by atoms with Crippen LogP contribution in [0.4, 0.5) is 0 Å². The average molecular weight is 178 g/mol. The Morgan fingerprint density at radius 3 is 2.15 bits per heavy atom. The zero-order valence-corrected chi connectivity index (χ0v) is 6.59. The van der Waals surface area contributed by atoms with Crippen LogP contribution in [0.15, 0.2) is 16.9 Å². The summed E-state index contributed by atoms with van der Waals surface area (Å²) in [6, 6.07) is 3.49. The fraction of sp³-hybridized carbons (Fsp3) is 0.125. The molecular weight excluding hydrogens is 172 g/mol. The van der Waals surface area contributed by atoms with E-state index in [1.54, 1.807) is 12.1 Å². The standard InChI is InChI=1S/C8H6N2O3/c11-8-9-4-1-6-7(13-3-12-6)2-5(4)10-8/h1-2H,3H2,(H2,9,10,11). The number of hydrogen-bond acceptors (Lipinski definition) is 3. The third-order valence-corrected chi connectivity index (χ3v) is 2.01. The van der Waals surface area contributed by atoms with Gasteiger partial charge < -0.3 is 19.4 Å². The molecule has 1 aromatic carbocycles. The van der Waals surface area contributed by atoms with Crippen molar-refractivity contribution in [1.29, 1.82) is 0 Å². The predicted octanol–water partition coefficient (Wildman–Crippen LogP) is 0.585. The number of ether oxygens (including phenoxy) is 2. The molecule has 66 valence electrons. The summed E-state index contributed by atoms with van der Waals surface area (Å²) in [5.41, 5.74) is 1.24. The Morgan fingerprint density at radius 1 is 1.08 bits per heavy atom. The van der Waals surface area contributed by atoms with Gasteiger partial charge in [0.25, 0.3) is 0 Å². The molecule has 0 amide bonds. The first-order valence-corrected chi connectivity index (χ1v) is 3.84. The van der Waals surface area contributed by atoms with Crippen LogP contribution in [0, 0.1) is 0 Å². The van der Waals surface area contributed by atoms with E-state index >= 15 is 0 Å². The minimum Gasteiger partial charge on any atom is -0.454 e. The summed E-state index contributed by atoms with van der Waals surface area (Å²) in [5.74, 6) is 1.34. The van der Waals surface area contributed by atoms with Crippen molar-refractivity contribution in [2.45, 2.75) is 0 Å². The summed E-state index contributed by atoms with van der Waals surface area (Å²) in [4.78, 5) is 16.2. The Kier molecular flexibility index (Phi) is 1.05. The molecule has 3 rings (SSSR count). The lowest BCUT2D eigenvalue weighted by atomic mass is 10.3. The molecular formula is C8H6N2O3. The number of aromatic nitrogens is 2. The Bertz CT molecular complexity index is 482. The van der Waals surface area contributed by atoms with E-state index in [-0.39, 0.29) is 12.5 Å². The fourth-order valence-electron chi connectivity index (χ4n) is 1.42. The molecule has 13 heavy (non-hydrogen) atoms. The van der Waals surface area contributed by atoms with Crippen LogP contribution in [0.5, 0.6) is 11.5 Å². The van der Waals surface area contributed by atoms with Crippen LogP contribution in [0.3, 0.4) is 0 Å². The minimum atomic E-state index is -0.223. The van der Waals surface area contributed by atoms with Gasteiger partial charge in [-0.15, -0.1) is 0 Å². The molecule has 0 aliphatic carbocycles. The number of hydrogen-bond donors (Lipinski definition) is 2. The quantitative estimate of drug-likeness (QED) is 0.620. The van der Waals surface area contributed by atoms with Crippen molar-refractivity contribution in [3.8, 4) is 11.5 Å². The van der Waals surface area contributed by atoms with Crippen molar-refractivity contribution in [1.82, 2.24) is 9.97 Å². The third-order valence-electron chi connectivity index (χ3n) is 2.01. The molecule has 0 radical (unpaired) electrons. The highest BCUT2D eigenvalue weighted by Crippen LogP contribution is 2.34. The Morgan fingerprint density at radius 2 is 1.62 bits per heavy atom. The van der Waals surface area contributed by atoms with Gasteiger partial charge in [0.1, 0.15) is 0 Å². The average Bonchev–Trinajstić information content (AvgIpc) is 2.63. The molecule has 2 N–H and O–H groups in total. The number of aromatic amines is 2. The summed E-state index contributed by atoms with van der Waals surface area (Å²) in [7, 11) is 0. The van der Waals surface area contributed by atoms with Crippen molar-refractivity contribution < 1.29 is 9.47 Å². The molecule has 0 bridgehead atoms. The maximum Gasteiger partial charge on any atom is 0.323 e. The van der Waals surface area contributed by atoms with E-state index in [1.807, 2.05) is 0 Å². The lowest BCUT2D eigenvalue weighted by molar-refractivity contribution is 0.174. The first-order valence-electron chi connectivity index (χ1n) is 3.84. The van der Waals surface area contributed by atoms with Gasteiger partial charge in [0.15, 0.2) is 11.5 Å². The van der Waals surface area contributed by atoms with Gasteiger partial charge in [-0.1, -0.05) is 0 Å². The SMILES string of the molecule is O=c1[nH]c2cc3c(cc2[nH]1)OCO3. The summed E-state index contributed by atoms with van der Waals surface area (Å²) in [6.07, 6.45) is 0. The molecule has 2 heterocycles. The van der Waals surface area contributed by atoms with E-state index in [1.165, 1.54) is 0 Å².